The molecule has 112 valence electrons. The predicted octanol–water partition coefficient (Wildman–Crippen LogP) is 2.84. The standard InChI is InChI=1S/C17H16N2O3/c20-17(18-9-8-13-5-2-1-3-6-13)12-14-11-16(22-19-14)15-7-4-10-21-15/h1-7,10-11H,8-9,12H2,(H,18,20). The van der Waals surface area contributed by atoms with Crippen molar-refractivity contribution in [3.8, 4) is 11.5 Å². The molecule has 0 fully saturated rings. The molecule has 0 aliphatic rings. The smallest absolute Gasteiger partial charge is 0.226 e. The van der Waals surface area contributed by atoms with Crippen molar-refractivity contribution in [1.29, 1.82) is 0 Å². The number of benzene rings is 1. The van der Waals surface area contributed by atoms with E-state index in [-0.39, 0.29) is 12.3 Å². The second-order valence-corrected chi connectivity index (χ2v) is 4.92. The third kappa shape index (κ3) is 3.63. The van der Waals surface area contributed by atoms with E-state index in [1.165, 1.54) is 5.56 Å². The van der Waals surface area contributed by atoms with E-state index in [4.69, 9.17) is 8.94 Å². The Morgan fingerprint density at radius 2 is 1.95 bits per heavy atom. The molecule has 0 radical (unpaired) electrons. The lowest BCUT2D eigenvalue weighted by Gasteiger charge is -2.03. The van der Waals surface area contributed by atoms with Crippen molar-refractivity contribution in [2.75, 3.05) is 6.54 Å². The van der Waals surface area contributed by atoms with Gasteiger partial charge in [0.05, 0.1) is 18.4 Å². The molecule has 0 spiro atoms. The zero-order valence-corrected chi connectivity index (χ0v) is 12.0. The Labute approximate surface area is 127 Å². The van der Waals surface area contributed by atoms with E-state index >= 15 is 0 Å². The van der Waals surface area contributed by atoms with Crippen molar-refractivity contribution < 1.29 is 13.7 Å². The number of nitrogens with one attached hydrogen (secondary N) is 1. The molecule has 5 nitrogen and oxygen atoms in total. The molecule has 2 heterocycles. The minimum Gasteiger partial charge on any atom is -0.461 e. The average molecular weight is 296 g/mol. The number of hydrogen-bond acceptors (Lipinski definition) is 4. The maximum atomic E-state index is 11.9. The third-order valence-corrected chi connectivity index (χ3v) is 3.24. The lowest BCUT2D eigenvalue weighted by molar-refractivity contribution is -0.120. The molecule has 0 atom stereocenters. The molecule has 0 aliphatic carbocycles. The highest BCUT2D eigenvalue weighted by atomic mass is 16.5. The fourth-order valence-electron chi connectivity index (χ4n) is 2.15. The Bertz CT molecular complexity index is 717. The number of aromatic nitrogens is 1. The van der Waals surface area contributed by atoms with Crippen molar-refractivity contribution in [3.05, 3.63) is 66.1 Å². The first-order valence-electron chi connectivity index (χ1n) is 7.11. The van der Waals surface area contributed by atoms with Crippen LogP contribution in [0.15, 0.2) is 63.7 Å². The number of rotatable bonds is 6. The SMILES string of the molecule is O=C(Cc1cc(-c2ccco2)on1)NCCc1ccccc1. The summed E-state index contributed by atoms with van der Waals surface area (Å²) in [7, 11) is 0. The second kappa shape index (κ2) is 6.76. The minimum absolute atomic E-state index is 0.0739. The summed E-state index contributed by atoms with van der Waals surface area (Å²) in [5.41, 5.74) is 1.79. The molecule has 0 bridgehead atoms. The Morgan fingerprint density at radius 1 is 1.09 bits per heavy atom. The van der Waals surface area contributed by atoms with Crippen molar-refractivity contribution >= 4 is 5.91 Å². The fourth-order valence-corrected chi connectivity index (χ4v) is 2.15. The van der Waals surface area contributed by atoms with Gasteiger partial charge in [0, 0.05) is 12.6 Å². The first-order chi connectivity index (χ1) is 10.8. The summed E-state index contributed by atoms with van der Waals surface area (Å²) < 4.78 is 10.4. The average Bonchev–Trinajstić information content (AvgIpc) is 3.19. The van der Waals surface area contributed by atoms with E-state index in [1.54, 1.807) is 24.5 Å². The van der Waals surface area contributed by atoms with Gasteiger partial charge < -0.3 is 14.3 Å². The molecular formula is C17H16N2O3. The van der Waals surface area contributed by atoms with Crippen LogP contribution in [0.2, 0.25) is 0 Å². The number of hydrogen-bond donors (Lipinski definition) is 1. The van der Waals surface area contributed by atoms with Gasteiger partial charge >= 0.3 is 0 Å². The Morgan fingerprint density at radius 3 is 2.73 bits per heavy atom. The number of nitrogens with zero attached hydrogens (tertiary/aromatic N) is 1. The predicted molar refractivity (Wildman–Crippen MR) is 81.1 cm³/mol. The van der Waals surface area contributed by atoms with Crippen LogP contribution in [0.25, 0.3) is 11.5 Å². The van der Waals surface area contributed by atoms with Gasteiger partial charge in [-0.2, -0.15) is 0 Å². The molecule has 1 aromatic carbocycles. The van der Waals surface area contributed by atoms with Gasteiger partial charge in [-0.3, -0.25) is 4.79 Å². The summed E-state index contributed by atoms with van der Waals surface area (Å²) in [6.07, 6.45) is 2.57. The Balaban J connectivity index is 1.48. The highest BCUT2D eigenvalue weighted by Gasteiger charge is 2.11. The molecular weight excluding hydrogens is 280 g/mol. The molecule has 0 saturated carbocycles. The largest absolute Gasteiger partial charge is 0.461 e. The minimum atomic E-state index is -0.0739. The first kappa shape index (κ1) is 14.1. The van der Waals surface area contributed by atoms with Gasteiger partial charge in [0.2, 0.25) is 11.7 Å². The van der Waals surface area contributed by atoms with Crippen LogP contribution in [0.3, 0.4) is 0 Å². The molecule has 0 unspecified atom stereocenters. The van der Waals surface area contributed by atoms with E-state index in [2.05, 4.69) is 10.5 Å². The van der Waals surface area contributed by atoms with Gasteiger partial charge in [-0.25, -0.2) is 0 Å². The van der Waals surface area contributed by atoms with Crippen LogP contribution in [-0.2, 0) is 17.6 Å². The quantitative estimate of drug-likeness (QED) is 0.759. The summed E-state index contributed by atoms with van der Waals surface area (Å²) in [5, 5.41) is 6.76. The molecule has 2 aromatic heterocycles. The van der Waals surface area contributed by atoms with Crippen LogP contribution in [0, 0.1) is 0 Å². The highest BCUT2D eigenvalue weighted by Crippen LogP contribution is 2.20. The monoisotopic (exact) mass is 296 g/mol. The van der Waals surface area contributed by atoms with Crippen LogP contribution in [0.5, 0.6) is 0 Å². The summed E-state index contributed by atoms with van der Waals surface area (Å²) >= 11 is 0. The number of carbonyl (C=O) groups is 1. The van der Waals surface area contributed by atoms with Crippen LogP contribution in [-0.4, -0.2) is 17.6 Å². The van der Waals surface area contributed by atoms with E-state index < -0.39 is 0 Å². The third-order valence-electron chi connectivity index (χ3n) is 3.24. The maximum absolute atomic E-state index is 11.9. The number of amides is 1. The molecule has 0 aliphatic heterocycles. The van der Waals surface area contributed by atoms with Gasteiger partial charge in [-0.1, -0.05) is 35.5 Å². The zero-order valence-electron chi connectivity index (χ0n) is 12.0. The van der Waals surface area contributed by atoms with Crippen LogP contribution >= 0.6 is 0 Å². The van der Waals surface area contributed by atoms with Gasteiger partial charge in [-0.15, -0.1) is 0 Å². The van der Waals surface area contributed by atoms with Gasteiger partial charge in [0.1, 0.15) is 0 Å². The van der Waals surface area contributed by atoms with Crippen molar-refractivity contribution in [3.63, 3.8) is 0 Å². The number of furan rings is 1. The van der Waals surface area contributed by atoms with Crippen molar-refractivity contribution in [2.45, 2.75) is 12.8 Å². The first-order valence-corrected chi connectivity index (χ1v) is 7.11. The van der Waals surface area contributed by atoms with Crippen molar-refractivity contribution in [2.24, 2.45) is 0 Å². The molecule has 3 rings (SSSR count). The van der Waals surface area contributed by atoms with E-state index in [0.717, 1.165) is 6.42 Å². The second-order valence-electron chi connectivity index (χ2n) is 4.92. The molecule has 0 saturated heterocycles. The van der Waals surface area contributed by atoms with Crippen molar-refractivity contribution in [1.82, 2.24) is 10.5 Å². The lowest BCUT2D eigenvalue weighted by atomic mass is 10.1. The zero-order chi connectivity index (χ0) is 15.2. The summed E-state index contributed by atoms with van der Waals surface area (Å²) in [5.74, 6) is 1.05. The number of carbonyl (C=O) groups excluding carboxylic acids is 1. The normalized spacial score (nSPS) is 10.5. The van der Waals surface area contributed by atoms with E-state index in [9.17, 15) is 4.79 Å². The van der Waals surface area contributed by atoms with Gasteiger partial charge in [0.25, 0.3) is 0 Å². The summed E-state index contributed by atoms with van der Waals surface area (Å²) in [6, 6.07) is 15.3. The molecule has 1 N–H and O–H groups in total. The molecule has 3 aromatic rings. The fraction of sp³-hybridized carbons (Fsp3) is 0.176. The van der Waals surface area contributed by atoms with E-state index in [1.807, 2.05) is 30.3 Å². The maximum Gasteiger partial charge on any atom is 0.226 e. The Hall–Kier alpha value is -2.82. The van der Waals surface area contributed by atoms with Crippen LogP contribution < -0.4 is 5.32 Å². The van der Waals surface area contributed by atoms with Crippen LogP contribution in [0.1, 0.15) is 11.3 Å². The van der Waals surface area contributed by atoms with Gasteiger partial charge in [0.15, 0.2) is 5.76 Å². The molecule has 1 amide bonds. The highest BCUT2D eigenvalue weighted by molar-refractivity contribution is 5.78. The van der Waals surface area contributed by atoms with Crippen LogP contribution in [0.4, 0.5) is 0 Å². The molecule has 22 heavy (non-hydrogen) atoms. The summed E-state index contributed by atoms with van der Waals surface area (Å²) in [6.45, 7) is 0.603. The summed E-state index contributed by atoms with van der Waals surface area (Å²) in [4.78, 5) is 11.9. The van der Waals surface area contributed by atoms with Gasteiger partial charge in [-0.05, 0) is 24.1 Å². The lowest BCUT2D eigenvalue weighted by Crippen LogP contribution is -2.27. The topological polar surface area (TPSA) is 68.3 Å². The Kier molecular flexibility index (Phi) is 4.34. The van der Waals surface area contributed by atoms with E-state index in [0.29, 0.717) is 23.8 Å². The molecule has 5 heteroatoms.